The summed E-state index contributed by atoms with van der Waals surface area (Å²) in [7, 11) is 0. The van der Waals surface area contributed by atoms with E-state index in [-0.39, 0.29) is 0 Å². The first-order chi connectivity index (χ1) is 11.7. The Kier molecular flexibility index (Phi) is 5.64. The molecule has 0 saturated carbocycles. The van der Waals surface area contributed by atoms with Crippen LogP contribution in [0, 0.1) is 5.92 Å². The van der Waals surface area contributed by atoms with Gasteiger partial charge in [-0.3, -0.25) is 4.90 Å². The lowest BCUT2D eigenvalue weighted by Gasteiger charge is -2.36. The van der Waals surface area contributed by atoms with Crippen LogP contribution in [0.3, 0.4) is 0 Å². The molecule has 1 aliphatic heterocycles. The van der Waals surface area contributed by atoms with E-state index in [0.717, 1.165) is 49.9 Å². The third-order valence-corrected chi connectivity index (χ3v) is 4.19. The van der Waals surface area contributed by atoms with Crippen molar-refractivity contribution >= 4 is 5.82 Å². The van der Waals surface area contributed by atoms with E-state index in [0.29, 0.717) is 12.5 Å². The third kappa shape index (κ3) is 4.45. The molecule has 5 heteroatoms. The van der Waals surface area contributed by atoms with Crippen LogP contribution in [0.5, 0.6) is 5.75 Å². The molecule has 128 valence electrons. The van der Waals surface area contributed by atoms with Gasteiger partial charge >= 0.3 is 0 Å². The van der Waals surface area contributed by atoms with Crippen LogP contribution >= 0.6 is 0 Å². The summed E-state index contributed by atoms with van der Waals surface area (Å²) >= 11 is 0. The molecule has 5 nitrogen and oxygen atoms in total. The first-order valence-corrected chi connectivity index (χ1v) is 8.66. The number of rotatable bonds is 6. The molecule has 1 aromatic heterocycles. The second-order valence-corrected chi connectivity index (χ2v) is 6.67. The Balaban J connectivity index is 1.62. The maximum atomic E-state index is 5.99. The SMILES string of the molecule is CC(C)CN1CCN(c2ncncc2OCc2ccccc2)CC1. The van der Waals surface area contributed by atoms with Gasteiger partial charge in [0.2, 0.25) is 0 Å². The average molecular weight is 326 g/mol. The lowest BCUT2D eigenvalue weighted by molar-refractivity contribution is 0.229. The minimum Gasteiger partial charge on any atom is -0.483 e. The fourth-order valence-electron chi connectivity index (χ4n) is 3.04. The molecular weight excluding hydrogens is 300 g/mol. The Morgan fingerprint density at radius 1 is 1.08 bits per heavy atom. The van der Waals surface area contributed by atoms with E-state index in [4.69, 9.17) is 4.74 Å². The monoisotopic (exact) mass is 326 g/mol. The van der Waals surface area contributed by atoms with Crippen molar-refractivity contribution in [3.63, 3.8) is 0 Å². The Bertz CT molecular complexity index is 624. The molecule has 0 unspecified atom stereocenters. The van der Waals surface area contributed by atoms with Gasteiger partial charge in [-0.25, -0.2) is 9.97 Å². The van der Waals surface area contributed by atoms with Gasteiger partial charge in [0.15, 0.2) is 11.6 Å². The van der Waals surface area contributed by atoms with Gasteiger partial charge in [0, 0.05) is 32.7 Å². The van der Waals surface area contributed by atoms with Gasteiger partial charge < -0.3 is 9.64 Å². The fraction of sp³-hybridized carbons (Fsp3) is 0.474. The zero-order chi connectivity index (χ0) is 16.8. The largest absolute Gasteiger partial charge is 0.483 e. The van der Waals surface area contributed by atoms with Crippen LogP contribution in [-0.2, 0) is 6.61 Å². The van der Waals surface area contributed by atoms with E-state index in [9.17, 15) is 0 Å². The number of piperazine rings is 1. The molecule has 0 aliphatic carbocycles. The van der Waals surface area contributed by atoms with Crippen molar-refractivity contribution in [3.05, 3.63) is 48.4 Å². The predicted molar refractivity (Wildman–Crippen MR) is 96.3 cm³/mol. The molecule has 0 N–H and O–H groups in total. The molecule has 0 atom stereocenters. The Hall–Kier alpha value is -2.14. The molecule has 0 spiro atoms. The normalized spacial score (nSPS) is 15.7. The first-order valence-electron chi connectivity index (χ1n) is 8.66. The number of hydrogen-bond donors (Lipinski definition) is 0. The fourth-order valence-corrected chi connectivity index (χ4v) is 3.04. The minimum absolute atomic E-state index is 0.536. The molecule has 1 aliphatic rings. The Morgan fingerprint density at radius 3 is 2.54 bits per heavy atom. The molecule has 2 aromatic rings. The van der Waals surface area contributed by atoms with Gasteiger partial charge in [0.25, 0.3) is 0 Å². The van der Waals surface area contributed by atoms with Crippen molar-refractivity contribution in [2.45, 2.75) is 20.5 Å². The summed E-state index contributed by atoms with van der Waals surface area (Å²) in [5.74, 6) is 2.38. The number of hydrogen-bond acceptors (Lipinski definition) is 5. The maximum Gasteiger partial charge on any atom is 0.180 e. The molecule has 0 bridgehead atoms. The van der Waals surface area contributed by atoms with Gasteiger partial charge in [-0.2, -0.15) is 0 Å². The van der Waals surface area contributed by atoms with Gasteiger partial charge in [-0.15, -0.1) is 0 Å². The van der Waals surface area contributed by atoms with Gasteiger partial charge in [-0.05, 0) is 11.5 Å². The van der Waals surface area contributed by atoms with Crippen LogP contribution in [0.25, 0.3) is 0 Å². The average Bonchev–Trinajstić information content (AvgIpc) is 2.61. The molecule has 24 heavy (non-hydrogen) atoms. The summed E-state index contributed by atoms with van der Waals surface area (Å²) < 4.78 is 5.99. The molecule has 1 aromatic carbocycles. The zero-order valence-corrected chi connectivity index (χ0v) is 14.6. The number of ether oxygens (including phenoxy) is 1. The van der Waals surface area contributed by atoms with Gasteiger partial charge in [-0.1, -0.05) is 44.2 Å². The van der Waals surface area contributed by atoms with Crippen molar-refractivity contribution in [2.75, 3.05) is 37.6 Å². The molecule has 1 fully saturated rings. The molecule has 0 radical (unpaired) electrons. The van der Waals surface area contributed by atoms with Gasteiger partial charge in [0.05, 0.1) is 6.20 Å². The topological polar surface area (TPSA) is 41.5 Å². The van der Waals surface area contributed by atoms with Gasteiger partial charge in [0.1, 0.15) is 12.9 Å². The van der Waals surface area contributed by atoms with Crippen LogP contribution in [0.2, 0.25) is 0 Å². The molecule has 1 saturated heterocycles. The lowest BCUT2D eigenvalue weighted by atomic mass is 10.2. The van der Waals surface area contributed by atoms with Crippen LogP contribution in [0.15, 0.2) is 42.9 Å². The number of nitrogens with zero attached hydrogens (tertiary/aromatic N) is 4. The van der Waals surface area contributed by atoms with Crippen molar-refractivity contribution in [1.82, 2.24) is 14.9 Å². The summed E-state index contributed by atoms with van der Waals surface area (Å²) in [5.41, 5.74) is 1.15. The van der Waals surface area contributed by atoms with Crippen LogP contribution in [0.4, 0.5) is 5.82 Å². The maximum absolute atomic E-state index is 5.99. The van der Waals surface area contributed by atoms with E-state index in [1.165, 1.54) is 0 Å². The summed E-state index contributed by atoms with van der Waals surface area (Å²) in [5, 5.41) is 0. The Labute approximate surface area is 144 Å². The van der Waals surface area contributed by atoms with Crippen LogP contribution in [0.1, 0.15) is 19.4 Å². The van der Waals surface area contributed by atoms with E-state index >= 15 is 0 Å². The summed E-state index contributed by atoms with van der Waals surface area (Å²) in [6.45, 7) is 10.3. The van der Waals surface area contributed by atoms with Crippen molar-refractivity contribution in [1.29, 1.82) is 0 Å². The number of benzene rings is 1. The van der Waals surface area contributed by atoms with Crippen LogP contribution < -0.4 is 9.64 Å². The van der Waals surface area contributed by atoms with Crippen molar-refractivity contribution in [2.24, 2.45) is 5.92 Å². The highest BCUT2D eigenvalue weighted by atomic mass is 16.5. The second-order valence-electron chi connectivity index (χ2n) is 6.67. The van der Waals surface area contributed by atoms with Crippen molar-refractivity contribution in [3.8, 4) is 5.75 Å². The second kappa shape index (κ2) is 8.11. The summed E-state index contributed by atoms with van der Waals surface area (Å²) in [6.07, 6.45) is 3.37. The molecule has 0 amide bonds. The van der Waals surface area contributed by atoms with E-state index in [2.05, 4.69) is 45.7 Å². The number of anilines is 1. The predicted octanol–water partition coefficient (Wildman–Crippen LogP) is 2.83. The summed E-state index contributed by atoms with van der Waals surface area (Å²) in [6, 6.07) is 10.2. The highest BCUT2D eigenvalue weighted by Gasteiger charge is 2.21. The molecule has 2 heterocycles. The molecule has 3 rings (SSSR count). The standard InChI is InChI=1S/C19H26N4O/c1-16(2)13-22-8-10-23(11-9-22)19-18(12-20-15-21-19)24-14-17-6-4-3-5-7-17/h3-7,12,15-16H,8-11,13-14H2,1-2H3. The molecular formula is C19H26N4O. The zero-order valence-electron chi connectivity index (χ0n) is 14.6. The minimum atomic E-state index is 0.536. The van der Waals surface area contributed by atoms with E-state index in [1.807, 2.05) is 18.2 Å². The lowest BCUT2D eigenvalue weighted by Crippen LogP contribution is -2.47. The number of aromatic nitrogens is 2. The summed E-state index contributed by atoms with van der Waals surface area (Å²) in [4.78, 5) is 13.4. The Morgan fingerprint density at radius 2 is 1.83 bits per heavy atom. The van der Waals surface area contributed by atoms with Crippen LogP contribution in [-0.4, -0.2) is 47.6 Å². The first kappa shape index (κ1) is 16.7. The highest BCUT2D eigenvalue weighted by Crippen LogP contribution is 2.26. The highest BCUT2D eigenvalue weighted by molar-refractivity contribution is 5.51. The smallest absolute Gasteiger partial charge is 0.180 e. The van der Waals surface area contributed by atoms with E-state index < -0.39 is 0 Å². The third-order valence-electron chi connectivity index (χ3n) is 4.19. The quantitative estimate of drug-likeness (QED) is 0.816. The van der Waals surface area contributed by atoms with E-state index in [1.54, 1.807) is 12.5 Å². The van der Waals surface area contributed by atoms with Crippen molar-refractivity contribution < 1.29 is 4.74 Å².